The number of alkyl carbamates (subject to hydrolysis) is 1. The molecule has 13 nitrogen and oxygen atoms in total. The van der Waals surface area contributed by atoms with Crippen molar-refractivity contribution in [3.8, 4) is 11.3 Å². The Kier molecular flexibility index (Phi) is 13.9. The molecule has 1 amide bonds. The summed E-state index contributed by atoms with van der Waals surface area (Å²) in [5, 5.41) is 3.19. The largest absolute Gasteiger partial charge is 0.508 e. The van der Waals surface area contributed by atoms with E-state index >= 15 is 0 Å². The molecule has 294 valence electrons. The second-order valence-corrected chi connectivity index (χ2v) is 13.7. The fourth-order valence-electron chi connectivity index (χ4n) is 6.36. The van der Waals surface area contributed by atoms with Crippen molar-refractivity contribution in [1.29, 1.82) is 0 Å². The maximum Gasteiger partial charge on any atom is 0.508 e. The van der Waals surface area contributed by atoms with Crippen molar-refractivity contribution in [2.75, 3.05) is 13.2 Å². The molecule has 4 atom stereocenters. The van der Waals surface area contributed by atoms with Gasteiger partial charge >= 0.3 is 23.9 Å². The number of esters is 1. The predicted octanol–water partition coefficient (Wildman–Crippen LogP) is 7.89. The smallest absolute Gasteiger partial charge is 0.462 e. The number of furan rings is 1. The zero-order chi connectivity index (χ0) is 39.3. The third-order valence-electron chi connectivity index (χ3n) is 9.60. The number of nitrogens with zero attached hydrogens (tertiary/aromatic N) is 2. The zero-order valence-electron chi connectivity index (χ0n) is 31.6. The summed E-state index contributed by atoms with van der Waals surface area (Å²) in [4.78, 5) is 55.9. The van der Waals surface area contributed by atoms with Gasteiger partial charge in [0.15, 0.2) is 0 Å². The van der Waals surface area contributed by atoms with Gasteiger partial charge in [0.05, 0.1) is 11.3 Å². The van der Waals surface area contributed by atoms with Crippen molar-refractivity contribution in [1.82, 2.24) is 14.9 Å². The Bertz CT molecular complexity index is 2100. The Hall–Kier alpha value is -5.95. The number of benzene rings is 3. The van der Waals surface area contributed by atoms with E-state index < -0.39 is 48.3 Å². The highest BCUT2D eigenvalue weighted by atomic mass is 16.7. The molecule has 1 aliphatic heterocycles. The maximum absolute atomic E-state index is 13.3. The molecule has 56 heavy (non-hydrogen) atoms. The number of aromatic nitrogens is 2. The Morgan fingerprint density at radius 2 is 1.57 bits per heavy atom. The van der Waals surface area contributed by atoms with Crippen LogP contribution in [0, 0.1) is 5.92 Å². The summed E-state index contributed by atoms with van der Waals surface area (Å²) in [6.45, 7) is 3.74. The highest BCUT2D eigenvalue weighted by Gasteiger charge is 2.41. The average Bonchev–Trinajstić information content (AvgIpc) is 3.82. The lowest BCUT2D eigenvalue weighted by molar-refractivity contribution is -0.155. The second kappa shape index (κ2) is 19.6. The van der Waals surface area contributed by atoms with Crippen molar-refractivity contribution >= 4 is 29.3 Å². The van der Waals surface area contributed by atoms with E-state index in [9.17, 15) is 19.2 Å². The Labute approximate surface area is 324 Å². The first kappa shape index (κ1) is 39.7. The van der Waals surface area contributed by atoms with E-state index in [0.717, 1.165) is 36.0 Å². The van der Waals surface area contributed by atoms with E-state index in [2.05, 4.69) is 29.4 Å². The van der Waals surface area contributed by atoms with Gasteiger partial charge in [-0.3, -0.25) is 9.36 Å². The van der Waals surface area contributed by atoms with Crippen molar-refractivity contribution < 1.29 is 42.5 Å². The van der Waals surface area contributed by atoms with E-state index in [0.29, 0.717) is 17.6 Å². The summed E-state index contributed by atoms with van der Waals surface area (Å²) < 4.78 is 35.4. The summed E-state index contributed by atoms with van der Waals surface area (Å²) in [6.07, 6.45) is 2.08. The Morgan fingerprint density at radius 1 is 0.875 bits per heavy atom. The number of hydrogen-bond acceptors (Lipinski definition) is 11. The van der Waals surface area contributed by atoms with Crippen LogP contribution in [0.5, 0.6) is 0 Å². The molecular weight excluding hydrogens is 718 g/mol. The number of amides is 1. The van der Waals surface area contributed by atoms with E-state index in [1.807, 2.05) is 78.9 Å². The number of carbonyl (C=O) groups excluding carboxylic acids is 3. The van der Waals surface area contributed by atoms with Crippen LogP contribution in [0.2, 0.25) is 0 Å². The van der Waals surface area contributed by atoms with Gasteiger partial charge in [-0.05, 0) is 42.0 Å². The van der Waals surface area contributed by atoms with Gasteiger partial charge in [-0.15, -0.1) is 0 Å². The lowest BCUT2D eigenvalue weighted by Crippen LogP contribution is -2.36. The Balaban J connectivity index is 1.11. The number of hydrogen-bond donors (Lipinski definition) is 1. The normalized spacial score (nSPS) is 16.9. The molecule has 3 aromatic carbocycles. The van der Waals surface area contributed by atoms with E-state index in [1.165, 1.54) is 16.6 Å². The highest BCUT2D eigenvalue weighted by molar-refractivity contribution is 5.79. The van der Waals surface area contributed by atoms with Crippen LogP contribution in [0.3, 0.4) is 0 Å². The van der Waals surface area contributed by atoms with E-state index in [1.54, 1.807) is 13.1 Å². The standard InChI is InChI=1S/C43H47N3O10/c1-3-5-8-13-29-18-20-33(21-19-29)35-22-34-25-46(41(48)45-39(34)55-35)38-23-36(56-43(50)53-27-31-16-11-7-12-17-31)37(54-38)28-51-40(47)32(4-2)24-44-42(49)52-26-30-14-9-6-10-15-30/h6-7,9-12,14-22,25,32,36-38H,3-5,8,13,23-24,26-28H2,1-2H3,(H,44,49)/t32-,36-,37+,38+/m0/s1. The van der Waals surface area contributed by atoms with Crippen molar-refractivity contribution in [3.05, 3.63) is 124 Å². The van der Waals surface area contributed by atoms with E-state index in [-0.39, 0.29) is 38.5 Å². The quantitative estimate of drug-likeness (QED) is 0.0558. The molecular formula is C43H47N3O10. The molecule has 2 aromatic heterocycles. The summed E-state index contributed by atoms with van der Waals surface area (Å²) in [5.74, 6) is -0.712. The van der Waals surface area contributed by atoms with Crippen LogP contribution in [0.1, 0.15) is 68.9 Å². The lowest BCUT2D eigenvalue weighted by atomic mass is 10.0. The minimum atomic E-state index is -0.951. The maximum atomic E-state index is 13.3. The minimum absolute atomic E-state index is 0.0141. The van der Waals surface area contributed by atoms with Gasteiger partial charge in [0.1, 0.15) is 44.0 Å². The van der Waals surface area contributed by atoms with Crippen LogP contribution in [0.15, 0.2) is 106 Å². The highest BCUT2D eigenvalue weighted by Crippen LogP contribution is 2.33. The molecule has 0 spiro atoms. The van der Waals surface area contributed by atoms with Crippen LogP contribution in [-0.4, -0.2) is 53.1 Å². The fraction of sp³-hybridized carbons (Fsp3) is 0.372. The van der Waals surface area contributed by atoms with Crippen LogP contribution in [0.25, 0.3) is 22.4 Å². The van der Waals surface area contributed by atoms with Gasteiger partial charge in [-0.2, -0.15) is 4.98 Å². The minimum Gasteiger partial charge on any atom is -0.462 e. The predicted molar refractivity (Wildman–Crippen MR) is 206 cm³/mol. The monoisotopic (exact) mass is 765 g/mol. The van der Waals surface area contributed by atoms with Crippen molar-refractivity contribution in [2.45, 2.75) is 84.0 Å². The number of rotatable bonds is 17. The van der Waals surface area contributed by atoms with Gasteiger partial charge in [0.25, 0.3) is 0 Å². The topological polar surface area (TPSA) is 157 Å². The van der Waals surface area contributed by atoms with Crippen molar-refractivity contribution in [2.24, 2.45) is 5.92 Å². The molecule has 3 heterocycles. The number of carbonyl (C=O) groups is 3. The Morgan fingerprint density at radius 3 is 2.25 bits per heavy atom. The molecule has 0 saturated carbocycles. The SMILES string of the molecule is CCCCCc1ccc(-c2cc3cn([C@H]4C[C@H](OC(=O)OCc5ccccc5)[C@@H](COC(=O)[C@@H](CC)CNC(=O)OCc5ccccc5)O4)c(=O)nc3o2)cc1. The van der Waals surface area contributed by atoms with Crippen LogP contribution in [0.4, 0.5) is 9.59 Å². The molecule has 13 heteroatoms. The number of nitrogens with one attached hydrogen (secondary N) is 1. The molecule has 1 fully saturated rings. The lowest BCUT2D eigenvalue weighted by Gasteiger charge is -2.20. The third-order valence-corrected chi connectivity index (χ3v) is 9.60. The first-order valence-electron chi connectivity index (χ1n) is 19.1. The number of fused-ring (bicyclic) bond motifs is 1. The summed E-state index contributed by atoms with van der Waals surface area (Å²) in [7, 11) is 0. The summed E-state index contributed by atoms with van der Waals surface area (Å²) >= 11 is 0. The molecule has 0 radical (unpaired) electrons. The molecule has 6 rings (SSSR count). The van der Waals surface area contributed by atoms with Gasteiger partial charge < -0.3 is 33.4 Å². The fourth-order valence-corrected chi connectivity index (χ4v) is 6.36. The molecule has 1 N–H and O–H groups in total. The number of ether oxygens (including phenoxy) is 5. The van der Waals surface area contributed by atoms with Crippen LogP contribution in [-0.2, 0) is 48.1 Å². The third kappa shape index (κ3) is 10.8. The zero-order valence-corrected chi connectivity index (χ0v) is 31.6. The molecule has 5 aromatic rings. The molecule has 0 bridgehead atoms. The average molecular weight is 766 g/mol. The van der Waals surface area contributed by atoms with Gasteiger partial charge in [0.2, 0.25) is 5.71 Å². The van der Waals surface area contributed by atoms with Crippen LogP contribution >= 0.6 is 0 Å². The summed E-state index contributed by atoms with van der Waals surface area (Å²) in [6, 6.07) is 28.3. The van der Waals surface area contributed by atoms with E-state index in [4.69, 9.17) is 28.1 Å². The number of aryl methyl sites for hydroxylation is 1. The first-order valence-corrected chi connectivity index (χ1v) is 19.1. The number of unbranched alkanes of at least 4 members (excludes halogenated alkanes) is 2. The van der Waals surface area contributed by atoms with Gasteiger partial charge in [0, 0.05) is 24.7 Å². The molecule has 1 saturated heterocycles. The second-order valence-electron chi connectivity index (χ2n) is 13.7. The molecule has 1 aliphatic rings. The van der Waals surface area contributed by atoms with Gasteiger partial charge in [-0.25, -0.2) is 14.4 Å². The summed E-state index contributed by atoms with van der Waals surface area (Å²) in [5.41, 5.74) is 3.25. The van der Waals surface area contributed by atoms with Crippen molar-refractivity contribution in [3.63, 3.8) is 0 Å². The first-order chi connectivity index (χ1) is 27.3. The van der Waals surface area contributed by atoms with Gasteiger partial charge in [-0.1, -0.05) is 112 Å². The van der Waals surface area contributed by atoms with Crippen LogP contribution < -0.4 is 11.0 Å². The molecule has 0 unspecified atom stereocenters. The molecule has 0 aliphatic carbocycles.